The molecule has 3 heterocycles. The van der Waals surface area contributed by atoms with Gasteiger partial charge in [-0.3, -0.25) is 0 Å². The summed E-state index contributed by atoms with van der Waals surface area (Å²) in [7, 11) is 1.24. The first-order valence-corrected chi connectivity index (χ1v) is 10.5. The highest BCUT2D eigenvalue weighted by Crippen LogP contribution is 2.45. The van der Waals surface area contributed by atoms with Crippen LogP contribution in [0.3, 0.4) is 0 Å². The van der Waals surface area contributed by atoms with Crippen molar-refractivity contribution in [3.63, 3.8) is 0 Å². The molecule has 7 nitrogen and oxygen atoms in total. The average molecular weight is 434 g/mol. The quantitative estimate of drug-likeness (QED) is 0.609. The van der Waals surface area contributed by atoms with E-state index in [1.165, 1.54) is 18.4 Å². The number of dihydropyridines is 1. The Labute approximate surface area is 182 Å². The van der Waals surface area contributed by atoms with E-state index in [4.69, 9.17) is 19.2 Å². The second-order valence-corrected chi connectivity index (χ2v) is 8.15. The van der Waals surface area contributed by atoms with E-state index in [-0.39, 0.29) is 6.61 Å². The first-order valence-electron chi connectivity index (χ1n) is 9.65. The highest BCUT2D eigenvalue weighted by atomic mass is 32.1. The molecule has 0 fully saturated rings. The molecule has 0 saturated carbocycles. The molecule has 0 spiro atoms. The Morgan fingerprint density at radius 1 is 1.19 bits per heavy atom. The summed E-state index contributed by atoms with van der Waals surface area (Å²) in [5.74, 6) is -0.736. The highest BCUT2D eigenvalue weighted by Gasteiger charge is 2.42. The molecule has 0 saturated heterocycles. The van der Waals surface area contributed by atoms with Crippen LogP contribution >= 0.6 is 11.3 Å². The lowest BCUT2D eigenvalue weighted by Crippen LogP contribution is -2.28. The van der Waals surface area contributed by atoms with Crippen LogP contribution in [0.1, 0.15) is 18.4 Å². The Morgan fingerprint density at radius 2 is 2.00 bits per heavy atom. The number of esters is 1. The minimum absolute atomic E-state index is 0.154. The molecular weight excluding hydrogens is 416 g/mol. The molecule has 1 aromatic heterocycles. The van der Waals surface area contributed by atoms with Crippen molar-refractivity contribution in [3.8, 4) is 10.6 Å². The topological polar surface area (TPSA) is 86.8 Å². The first-order chi connectivity index (χ1) is 15.1. The van der Waals surface area contributed by atoms with E-state index in [1.54, 1.807) is 6.92 Å². The van der Waals surface area contributed by atoms with E-state index >= 15 is 0 Å². The number of nitrogens with zero attached hydrogens (tertiary/aromatic N) is 1. The van der Waals surface area contributed by atoms with E-state index < -0.39 is 18.0 Å². The normalized spacial score (nSPS) is 18.0. The van der Waals surface area contributed by atoms with Crippen LogP contribution in [-0.4, -0.2) is 30.8 Å². The van der Waals surface area contributed by atoms with Crippen LogP contribution in [0.15, 0.2) is 71.3 Å². The predicted molar refractivity (Wildman–Crippen MR) is 115 cm³/mol. The molecule has 0 radical (unpaired) electrons. The SMILES string of the molecule is COC(=O)OC1=C(C)NC2=C(C(=O)OC2)C1c1cccc2nc(-c3ccccc3)sc12. The molecule has 156 valence electrons. The third-order valence-electron chi connectivity index (χ3n) is 5.29. The number of hydrogen-bond donors (Lipinski definition) is 1. The summed E-state index contributed by atoms with van der Waals surface area (Å²) in [5, 5.41) is 4.01. The third kappa shape index (κ3) is 3.25. The lowest BCUT2D eigenvalue weighted by Gasteiger charge is -2.27. The number of carbonyl (C=O) groups is 2. The lowest BCUT2D eigenvalue weighted by atomic mass is 9.85. The number of cyclic esters (lactones) is 1. The first kappa shape index (κ1) is 19.3. The number of allylic oxidation sites excluding steroid dienone is 2. The summed E-state index contributed by atoms with van der Waals surface area (Å²) >= 11 is 1.53. The number of aromatic nitrogens is 1. The van der Waals surface area contributed by atoms with Gasteiger partial charge in [0, 0.05) is 5.56 Å². The van der Waals surface area contributed by atoms with Gasteiger partial charge in [-0.05, 0) is 18.6 Å². The fraction of sp³-hybridized carbons (Fsp3) is 0.174. The van der Waals surface area contributed by atoms with E-state index in [2.05, 4.69) is 5.32 Å². The average Bonchev–Trinajstić information content (AvgIpc) is 3.38. The molecular formula is C23H18N2O5S. The zero-order valence-corrected chi connectivity index (χ0v) is 17.6. The number of carbonyl (C=O) groups excluding carboxylic acids is 2. The van der Waals surface area contributed by atoms with Crippen molar-refractivity contribution >= 4 is 33.7 Å². The zero-order chi connectivity index (χ0) is 21.5. The lowest BCUT2D eigenvalue weighted by molar-refractivity contribution is -0.136. The molecule has 0 aliphatic carbocycles. The van der Waals surface area contributed by atoms with E-state index in [0.717, 1.165) is 26.4 Å². The predicted octanol–water partition coefficient (Wildman–Crippen LogP) is 4.48. The van der Waals surface area contributed by atoms with Gasteiger partial charge < -0.3 is 19.5 Å². The molecule has 1 unspecified atom stereocenters. The Bertz CT molecular complexity index is 1280. The molecule has 1 N–H and O–H groups in total. The van der Waals surface area contributed by atoms with Crippen LogP contribution < -0.4 is 5.32 Å². The number of hydrogen-bond acceptors (Lipinski definition) is 8. The van der Waals surface area contributed by atoms with Gasteiger partial charge in [-0.2, -0.15) is 0 Å². The van der Waals surface area contributed by atoms with Crippen molar-refractivity contribution in [1.82, 2.24) is 10.3 Å². The Kier molecular flexibility index (Phi) is 4.71. The monoisotopic (exact) mass is 434 g/mol. The number of thiazole rings is 1. The van der Waals surface area contributed by atoms with E-state index in [0.29, 0.717) is 22.7 Å². The molecule has 2 aliphatic heterocycles. The number of nitrogens with one attached hydrogen (secondary N) is 1. The summed E-state index contributed by atoms with van der Waals surface area (Å²) < 4.78 is 16.4. The van der Waals surface area contributed by atoms with E-state index in [1.807, 2.05) is 48.5 Å². The van der Waals surface area contributed by atoms with E-state index in [9.17, 15) is 9.59 Å². The van der Waals surface area contributed by atoms with Crippen LogP contribution in [0.5, 0.6) is 0 Å². The molecule has 0 bridgehead atoms. The Balaban J connectivity index is 1.70. The van der Waals surface area contributed by atoms with Crippen molar-refractivity contribution < 1.29 is 23.8 Å². The van der Waals surface area contributed by atoms with Gasteiger partial charge in [0.25, 0.3) is 0 Å². The van der Waals surface area contributed by atoms with Gasteiger partial charge in [-0.25, -0.2) is 14.6 Å². The van der Waals surface area contributed by atoms with Crippen molar-refractivity contribution in [2.24, 2.45) is 0 Å². The van der Waals surface area contributed by atoms with Crippen molar-refractivity contribution in [3.05, 3.63) is 76.8 Å². The second-order valence-electron chi connectivity index (χ2n) is 7.15. The molecule has 2 aromatic carbocycles. The fourth-order valence-corrected chi connectivity index (χ4v) is 5.03. The minimum atomic E-state index is -0.849. The number of rotatable bonds is 3. The maximum absolute atomic E-state index is 12.6. The fourth-order valence-electron chi connectivity index (χ4n) is 3.91. The summed E-state index contributed by atoms with van der Waals surface area (Å²) in [6.07, 6.45) is -0.849. The number of methoxy groups -OCH3 is 1. The largest absolute Gasteiger partial charge is 0.513 e. The minimum Gasteiger partial charge on any atom is -0.456 e. The second kappa shape index (κ2) is 7.55. The summed E-state index contributed by atoms with van der Waals surface area (Å²) in [6, 6.07) is 15.7. The van der Waals surface area contributed by atoms with Gasteiger partial charge in [0.15, 0.2) is 0 Å². The van der Waals surface area contributed by atoms with Gasteiger partial charge >= 0.3 is 12.1 Å². The smallest absolute Gasteiger partial charge is 0.456 e. The van der Waals surface area contributed by atoms with Crippen molar-refractivity contribution in [2.45, 2.75) is 12.8 Å². The zero-order valence-electron chi connectivity index (χ0n) is 16.8. The van der Waals surface area contributed by atoms with Crippen LogP contribution in [0.25, 0.3) is 20.8 Å². The van der Waals surface area contributed by atoms with Gasteiger partial charge in [-0.1, -0.05) is 42.5 Å². The Morgan fingerprint density at radius 3 is 2.77 bits per heavy atom. The molecule has 5 rings (SSSR count). The maximum Gasteiger partial charge on any atom is 0.513 e. The molecule has 8 heteroatoms. The highest BCUT2D eigenvalue weighted by molar-refractivity contribution is 7.21. The van der Waals surface area contributed by atoms with Gasteiger partial charge in [0.2, 0.25) is 0 Å². The molecule has 3 aromatic rings. The van der Waals surface area contributed by atoms with Crippen molar-refractivity contribution in [2.75, 3.05) is 13.7 Å². The molecule has 0 amide bonds. The Hall–Kier alpha value is -3.65. The van der Waals surface area contributed by atoms with Crippen molar-refractivity contribution in [1.29, 1.82) is 0 Å². The number of ether oxygens (including phenoxy) is 3. The number of fused-ring (bicyclic) bond motifs is 1. The van der Waals surface area contributed by atoms with Gasteiger partial charge in [-0.15, -0.1) is 11.3 Å². The molecule has 2 aliphatic rings. The summed E-state index contributed by atoms with van der Waals surface area (Å²) in [5.41, 5.74) is 4.38. The summed E-state index contributed by atoms with van der Waals surface area (Å²) in [6.45, 7) is 1.95. The number of benzene rings is 2. The maximum atomic E-state index is 12.6. The van der Waals surface area contributed by atoms with Crippen LogP contribution in [0.4, 0.5) is 4.79 Å². The third-order valence-corrected chi connectivity index (χ3v) is 6.46. The molecule has 31 heavy (non-hydrogen) atoms. The van der Waals surface area contributed by atoms with Gasteiger partial charge in [0.05, 0.1) is 40.2 Å². The van der Waals surface area contributed by atoms with Crippen LogP contribution in [0, 0.1) is 0 Å². The van der Waals surface area contributed by atoms with Crippen LogP contribution in [0.2, 0.25) is 0 Å². The van der Waals surface area contributed by atoms with Crippen LogP contribution in [-0.2, 0) is 19.0 Å². The molecule has 1 atom stereocenters. The summed E-state index contributed by atoms with van der Waals surface area (Å²) in [4.78, 5) is 29.4. The van der Waals surface area contributed by atoms with Gasteiger partial charge in [0.1, 0.15) is 17.4 Å². The standard InChI is InChI=1S/C23H18N2O5S/c1-12-19(30-23(27)28-2)17(18-16(24-12)11-29-22(18)26)14-9-6-10-15-20(14)31-21(25-15)13-7-4-3-5-8-13/h3-10,17,24H,11H2,1-2H3.